The van der Waals surface area contributed by atoms with Crippen LogP contribution in [0.3, 0.4) is 0 Å². The molecule has 1 aliphatic rings. The van der Waals surface area contributed by atoms with Gasteiger partial charge in [-0.15, -0.1) is 0 Å². The van der Waals surface area contributed by atoms with Crippen molar-refractivity contribution in [3.05, 3.63) is 23.8 Å². The molecule has 1 aliphatic heterocycles. The molecule has 2 atom stereocenters. The average molecular weight is 328 g/mol. The van der Waals surface area contributed by atoms with Crippen LogP contribution in [0.4, 0.5) is 0 Å². The van der Waals surface area contributed by atoms with E-state index in [4.69, 9.17) is 14.2 Å². The second kappa shape index (κ2) is 6.71. The molecule has 0 N–H and O–H groups in total. The average Bonchev–Trinajstić information content (AvgIpc) is 2.73. The molecule has 0 saturated carbocycles. The highest BCUT2D eigenvalue weighted by Crippen LogP contribution is 2.60. The van der Waals surface area contributed by atoms with Gasteiger partial charge >= 0.3 is 0 Å². The van der Waals surface area contributed by atoms with Crippen LogP contribution in [0.15, 0.2) is 18.2 Å². The fourth-order valence-corrected chi connectivity index (χ4v) is 5.92. The van der Waals surface area contributed by atoms with E-state index in [2.05, 4.69) is 33.8 Å². The first kappa shape index (κ1) is 16.8. The molecule has 21 heavy (non-hydrogen) atoms. The first-order chi connectivity index (χ1) is 9.89. The van der Waals surface area contributed by atoms with Gasteiger partial charge in [0.25, 0.3) is 0 Å². The molecule has 0 unspecified atom stereocenters. The second-order valence-corrected chi connectivity index (χ2v) is 8.91. The van der Waals surface area contributed by atoms with Crippen LogP contribution in [0.25, 0.3) is 0 Å². The summed E-state index contributed by atoms with van der Waals surface area (Å²) >= 11 is 0. The van der Waals surface area contributed by atoms with Crippen molar-refractivity contribution >= 4 is 21.6 Å². The number of methoxy groups -OCH3 is 2. The van der Waals surface area contributed by atoms with Gasteiger partial charge in [-0.3, -0.25) is 0 Å². The van der Waals surface area contributed by atoms with Gasteiger partial charge in [0.15, 0.2) is 0 Å². The van der Waals surface area contributed by atoms with Gasteiger partial charge in [-0.1, -0.05) is 27.7 Å². The quantitative estimate of drug-likeness (QED) is 0.730. The van der Waals surface area contributed by atoms with E-state index < -0.39 is 0 Å². The minimum absolute atomic E-state index is 0.0740. The minimum atomic E-state index is 0.0740. The molecule has 1 heterocycles. The van der Waals surface area contributed by atoms with Crippen molar-refractivity contribution in [1.82, 2.24) is 0 Å². The number of benzene rings is 1. The summed E-state index contributed by atoms with van der Waals surface area (Å²) in [4.78, 5) is 0. The highest BCUT2D eigenvalue weighted by Gasteiger charge is 2.46. The Hall–Kier alpha value is -0.520. The first-order valence-corrected chi connectivity index (χ1v) is 9.32. The Balaban J connectivity index is 2.35. The molecule has 118 valence electrons. The van der Waals surface area contributed by atoms with Crippen molar-refractivity contribution in [2.45, 2.75) is 49.9 Å². The van der Waals surface area contributed by atoms with E-state index in [0.717, 1.165) is 11.5 Å². The highest BCUT2D eigenvalue weighted by molar-refractivity contribution is 8.77. The maximum atomic E-state index is 6.22. The Morgan fingerprint density at radius 1 is 1.14 bits per heavy atom. The van der Waals surface area contributed by atoms with Gasteiger partial charge in [-0.05, 0) is 33.8 Å². The van der Waals surface area contributed by atoms with Crippen molar-refractivity contribution < 1.29 is 14.2 Å². The second-order valence-electron chi connectivity index (χ2n) is 5.92. The smallest absolute Gasteiger partial charge is 0.127 e. The van der Waals surface area contributed by atoms with Crippen LogP contribution in [0.2, 0.25) is 0 Å². The Bertz CT molecular complexity index is 488. The molecular weight excluding hydrogens is 304 g/mol. The minimum Gasteiger partial charge on any atom is -0.497 e. The summed E-state index contributed by atoms with van der Waals surface area (Å²) in [7, 11) is 7.12. The molecule has 3 nitrogen and oxygen atoms in total. The Morgan fingerprint density at radius 2 is 1.86 bits per heavy atom. The number of rotatable bonds is 5. The summed E-state index contributed by atoms with van der Waals surface area (Å²) in [6, 6.07) is 6.02. The predicted molar refractivity (Wildman–Crippen MR) is 91.6 cm³/mol. The summed E-state index contributed by atoms with van der Waals surface area (Å²) in [6.45, 7) is 8.67. The molecule has 0 radical (unpaired) electrons. The third kappa shape index (κ3) is 3.63. The van der Waals surface area contributed by atoms with E-state index in [1.54, 1.807) is 14.2 Å². The Labute approximate surface area is 135 Å². The fourth-order valence-electron chi connectivity index (χ4n) is 2.44. The number of ether oxygens (including phenoxy) is 3. The van der Waals surface area contributed by atoms with Crippen LogP contribution in [0.1, 0.15) is 38.5 Å². The normalized spacial score (nSPS) is 24.3. The van der Waals surface area contributed by atoms with Crippen LogP contribution < -0.4 is 9.47 Å². The van der Waals surface area contributed by atoms with Gasteiger partial charge in [0.1, 0.15) is 11.5 Å². The maximum absolute atomic E-state index is 6.22. The van der Waals surface area contributed by atoms with E-state index >= 15 is 0 Å². The lowest BCUT2D eigenvalue weighted by molar-refractivity contribution is -0.00783. The van der Waals surface area contributed by atoms with Crippen molar-refractivity contribution in [1.29, 1.82) is 0 Å². The van der Waals surface area contributed by atoms with Gasteiger partial charge in [0.2, 0.25) is 0 Å². The standard InChI is InChI=1S/C16H24O3S2/c1-10(2)19-15-14(20-21-16(15,3)4)12-8-7-11(17-5)9-13(12)18-6/h7-10,14-15H,1-6H3/t14-,15+/m1/s1. The molecule has 1 saturated heterocycles. The van der Waals surface area contributed by atoms with Crippen LogP contribution in [-0.4, -0.2) is 31.2 Å². The van der Waals surface area contributed by atoms with E-state index in [-0.39, 0.29) is 22.2 Å². The van der Waals surface area contributed by atoms with Gasteiger partial charge in [-0.2, -0.15) is 0 Å². The van der Waals surface area contributed by atoms with E-state index in [1.807, 2.05) is 33.7 Å². The molecule has 0 aliphatic carbocycles. The van der Waals surface area contributed by atoms with Crippen molar-refractivity contribution in [2.24, 2.45) is 0 Å². The zero-order valence-corrected chi connectivity index (χ0v) is 15.1. The summed E-state index contributed by atoms with van der Waals surface area (Å²) in [5.74, 6) is 1.68. The van der Waals surface area contributed by atoms with Gasteiger partial charge in [0.05, 0.1) is 31.7 Å². The van der Waals surface area contributed by atoms with E-state index in [1.165, 1.54) is 5.56 Å². The van der Waals surface area contributed by atoms with Crippen LogP contribution in [-0.2, 0) is 4.74 Å². The molecule has 2 rings (SSSR count). The largest absolute Gasteiger partial charge is 0.497 e. The molecular formula is C16H24O3S2. The Morgan fingerprint density at radius 3 is 2.43 bits per heavy atom. The zero-order chi connectivity index (χ0) is 15.6. The summed E-state index contributed by atoms with van der Waals surface area (Å²) in [6.07, 6.45) is 0.357. The number of hydrogen-bond donors (Lipinski definition) is 0. The third-order valence-corrected chi connectivity index (χ3v) is 7.16. The molecule has 0 bridgehead atoms. The maximum Gasteiger partial charge on any atom is 0.127 e. The van der Waals surface area contributed by atoms with E-state index in [0.29, 0.717) is 0 Å². The molecule has 0 amide bonds. The molecule has 1 aromatic carbocycles. The molecule has 1 aromatic rings. The SMILES string of the molecule is COc1ccc([C@H]2SSC(C)(C)[C@H]2OC(C)C)c(OC)c1. The van der Waals surface area contributed by atoms with E-state index in [9.17, 15) is 0 Å². The van der Waals surface area contributed by atoms with Crippen LogP contribution >= 0.6 is 21.6 Å². The molecule has 0 aromatic heterocycles. The van der Waals surface area contributed by atoms with Gasteiger partial charge in [-0.25, -0.2) is 0 Å². The van der Waals surface area contributed by atoms with Crippen LogP contribution in [0.5, 0.6) is 11.5 Å². The van der Waals surface area contributed by atoms with Crippen molar-refractivity contribution in [3.8, 4) is 11.5 Å². The zero-order valence-electron chi connectivity index (χ0n) is 13.5. The number of hydrogen-bond acceptors (Lipinski definition) is 5. The van der Waals surface area contributed by atoms with Crippen LogP contribution in [0, 0.1) is 0 Å². The summed E-state index contributed by atoms with van der Waals surface area (Å²) in [5.41, 5.74) is 1.17. The molecule has 5 heteroatoms. The fraction of sp³-hybridized carbons (Fsp3) is 0.625. The summed E-state index contributed by atoms with van der Waals surface area (Å²) < 4.78 is 17.1. The molecule has 1 fully saturated rings. The molecule has 0 spiro atoms. The van der Waals surface area contributed by atoms with Crippen molar-refractivity contribution in [2.75, 3.05) is 14.2 Å². The highest BCUT2D eigenvalue weighted by atomic mass is 33.1. The monoisotopic (exact) mass is 328 g/mol. The predicted octanol–water partition coefficient (Wildman–Crippen LogP) is 4.71. The van der Waals surface area contributed by atoms with Gasteiger partial charge in [0, 0.05) is 16.4 Å². The Kier molecular flexibility index (Phi) is 5.38. The summed E-state index contributed by atoms with van der Waals surface area (Å²) in [5, 5.41) is 0.258. The lowest BCUT2D eigenvalue weighted by Crippen LogP contribution is -2.36. The lowest BCUT2D eigenvalue weighted by atomic mass is 9.96. The third-order valence-electron chi connectivity index (χ3n) is 3.49. The first-order valence-electron chi connectivity index (χ1n) is 7.11. The van der Waals surface area contributed by atoms with Gasteiger partial charge < -0.3 is 14.2 Å². The van der Waals surface area contributed by atoms with Crippen molar-refractivity contribution in [3.63, 3.8) is 0 Å². The lowest BCUT2D eigenvalue weighted by Gasteiger charge is -2.31. The topological polar surface area (TPSA) is 27.7 Å².